The summed E-state index contributed by atoms with van der Waals surface area (Å²) in [4.78, 5) is 24.1. The average molecular weight is 312 g/mol. The molecule has 0 fully saturated rings. The molecule has 2 aromatic rings. The van der Waals surface area contributed by atoms with Crippen LogP contribution in [0.3, 0.4) is 0 Å². The van der Waals surface area contributed by atoms with Crippen LogP contribution in [-0.2, 0) is 4.79 Å². The summed E-state index contributed by atoms with van der Waals surface area (Å²) in [6.45, 7) is 5.66. The van der Waals surface area contributed by atoms with Crippen molar-refractivity contribution in [3.8, 4) is 0 Å². The number of anilines is 1. The van der Waals surface area contributed by atoms with Gasteiger partial charge in [-0.05, 0) is 56.7 Å². The minimum Gasteiger partial charge on any atom is -0.465 e. The second-order valence-electron chi connectivity index (χ2n) is 5.50. The summed E-state index contributed by atoms with van der Waals surface area (Å²) in [6, 6.07) is 8.80. The van der Waals surface area contributed by atoms with Crippen molar-refractivity contribution in [1.82, 2.24) is 5.32 Å². The first-order valence-electron chi connectivity index (χ1n) is 7.40. The molecule has 1 aromatic carbocycles. The van der Waals surface area contributed by atoms with Crippen LogP contribution < -0.4 is 10.6 Å². The predicted octanol–water partition coefficient (Wildman–Crippen LogP) is 3.38. The van der Waals surface area contributed by atoms with Gasteiger partial charge in [0.15, 0.2) is 0 Å². The van der Waals surface area contributed by atoms with Gasteiger partial charge in [0.2, 0.25) is 5.91 Å². The van der Waals surface area contributed by atoms with Gasteiger partial charge in [0.05, 0.1) is 6.26 Å². The highest BCUT2D eigenvalue weighted by atomic mass is 16.3. The van der Waals surface area contributed by atoms with Gasteiger partial charge in [-0.25, -0.2) is 0 Å². The Labute approximate surface area is 135 Å². The summed E-state index contributed by atoms with van der Waals surface area (Å²) in [7, 11) is 0. The van der Waals surface area contributed by atoms with Crippen LogP contribution in [0.15, 0.2) is 47.1 Å². The molecule has 0 aliphatic heterocycles. The summed E-state index contributed by atoms with van der Waals surface area (Å²) in [5.74, 6) is 0.154. The molecule has 0 aliphatic rings. The number of nitrogens with one attached hydrogen (secondary N) is 2. The van der Waals surface area contributed by atoms with Gasteiger partial charge in [-0.3, -0.25) is 9.59 Å². The largest absolute Gasteiger partial charge is 0.465 e. The standard InChI is InChI=1S/C18H20N2O3/c1-12(2)19-18(22)16-11-14(7-6-13(16)3)20-17(21)9-8-15-5-4-10-23-15/h4-12H,1-3H3,(H,19,22)(H,20,21)/b9-8+. The Kier molecular flexibility index (Phi) is 5.36. The van der Waals surface area contributed by atoms with Crippen molar-refractivity contribution in [2.45, 2.75) is 26.8 Å². The van der Waals surface area contributed by atoms with E-state index in [-0.39, 0.29) is 17.9 Å². The van der Waals surface area contributed by atoms with Gasteiger partial charge in [-0.2, -0.15) is 0 Å². The fraction of sp³-hybridized carbons (Fsp3) is 0.222. The molecule has 120 valence electrons. The highest BCUT2D eigenvalue weighted by Gasteiger charge is 2.11. The first-order chi connectivity index (χ1) is 11.0. The number of benzene rings is 1. The number of aryl methyl sites for hydroxylation is 1. The number of hydrogen-bond donors (Lipinski definition) is 2. The predicted molar refractivity (Wildman–Crippen MR) is 90.2 cm³/mol. The Balaban J connectivity index is 2.08. The first kappa shape index (κ1) is 16.5. The van der Waals surface area contributed by atoms with E-state index in [1.165, 1.54) is 12.3 Å². The molecule has 1 aromatic heterocycles. The van der Waals surface area contributed by atoms with Gasteiger partial charge >= 0.3 is 0 Å². The number of rotatable bonds is 5. The van der Waals surface area contributed by atoms with Crippen LogP contribution in [0.4, 0.5) is 5.69 Å². The van der Waals surface area contributed by atoms with E-state index in [1.54, 1.807) is 36.4 Å². The van der Waals surface area contributed by atoms with Gasteiger partial charge in [-0.15, -0.1) is 0 Å². The van der Waals surface area contributed by atoms with Gasteiger partial charge < -0.3 is 15.1 Å². The van der Waals surface area contributed by atoms with E-state index in [2.05, 4.69) is 10.6 Å². The van der Waals surface area contributed by atoms with Gasteiger partial charge in [0.25, 0.3) is 5.91 Å². The van der Waals surface area contributed by atoms with Crippen molar-refractivity contribution in [2.24, 2.45) is 0 Å². The maximum absolute atomic E-state index is 12.1. The van der Waals surface area contributed by atoms with Crippen molar-refractivity contribution in [2.75, 3.05) is 5.32 Å². The van der Waals surface area contributed by atoms with Crippen LogP contribution in [0.1, 0.15) is 35.5 Å². The molecule has 0 bridgehead atoms. The lowest BCUT2D eigenvalue weighted by molar-refractivity contribution is -0.111. The zero-order valence-electron chi connectivity index (χ0n) is 13.4. The van der Waals surface area contributed by atoms with Gasteiger partial charge in [0, 0.05) is 23.4 Å². The lowest BCUT2D eigenvalue weighted by Gasteiger charge is -2.12. The number of amides is 2. The fourth-order valence-electron chi connectivity index (χ4n) is 2.01. The van der Waals surface area contributed by atoms with E-state index in [9.17, 15) is 9.59 Å². The SMILES string of the molecule is Cc1ccc(NC(=O)/C=C/c2ccco2)cc1C(=O)NC(C)C. The van der Waals surface area contributed by atoms with E-state index >= 15 is 0 Å². The molecular formula is C18H20N2O3. The lowest BCUT2D eigenvalue weighted by Crippen LogP contribution is -2.30. The van der Waals surface area contributed by atoms with Crippen LogP contribution in [0.5, 0.6) is 0 Å². The Bertz CT molecular complexity index is 716. The van der Waals surface area contributed by atoms with E-state index in [0.29, 0.717) is 17.0 Å². The minimum absolute atomic E-state index is 0.0522. The zero-order valence-corrected chi connectivity index (χ0v) is 13.4. The number of carbonyl (C=O) groups excluding carboxylic acids is 2. The van der Waals surface area contributed by atoms with E-state index in [0.717, 1.165) is 5.56 Å². The molecule has 0 radical (unpaired) electrons. The Hall–Kier alpha value is -2.82. The smallest absolute Gasteiger partial charge is 0.251 e. The molecule has 0 aliphatic carbocycles. The van der Waals surface area contributed by atoms with Gasteiger partial charge in [-0.1, -0.05) is 6.07 Å². The van der Waals surface area contributed by atoms with Crippen molar-refractivity contribution in [1.29, 1.82) is 0 Å². The molecule has 23 heavy (non-hydrogen) atoms. The number of furan rings is 1. The molecule has 0 unspecified atom stereocenters. The van der Waals surface area contributed by atoms with E-state index in [1.807, 2.05) is 20.8 Å². The number of carbonyl (C=O) groups is 2. The number of hydrogen-bond acceptors (Lipinski definition) is 3. The summed E-state index contributed by atoms with van der Waals surface area (Å²) in [5, 5.41) is 5.58. The van der Waals surface area contributed by atoms with Crippen LogP contribution in [-0.4, -0.2) is 17.9 Å². The maximum atomic E-state index is 12.1. The van der Waals surface area contributed by atoms with Crippen LogP contribution in [0.25, 0.3) is 6.08 Å². The van der Waals surface area contributed by atoms with Crippen LogP contribution in [0.2, 0.25) is 0 Å². The third-order valence-electron chi connectivity index (χ3n) is 3.11. The second-order valence-corrected chi connectivity index (χ2v) is 5.50. The summed E-state index contributed by atoms with van der Waals surface area (Å²) in [5.41, 5.74) is 1.97. The molecule has 5 nitrogen and oxygen atoms in total. The summed E-state index contributed by atoms with van der Waals surface area (Å²) >= 11 is 0. The molecule has 0 spiro atoms. The van der Waals surface area contributed by atoms with Crippen molar-refractivity contribution in [3.63, 3.8) is 0 Å². The highest BCUT2D eigenvalue weighted by Crippen LogP contribution is 2.16. The summed E-state index contributed by atoms with van der Waals surface area (Å²) < 4.78 is 5.12. The second kappa shape index (κ2) is 7.45. The zero-order chi connectivity index (χ0) is 16.8. The molecule has 0 saturated heterocycles. The Morgan fingerprint density at radius 1 is 1.22 bits per heavy atom. The lowest BCUT2D eigenvalue weighted by atomic mass is 10.1. The normalized spacial score (nSPS) is 11.0. The quantitative estimate of drug-likeness (QED) is 0.831. The Morgan fingerprint density at radius 2 is 2.00 bits per heavy atom. The minimum atomic E-state index is -0.291. The van der Waals surface area contributed by atoms with Gasteiger partial charge in [0.1, 0.15) is 5.76 Å². The molecule has 2 rings (SSSR count). The van der Waals surface area contributed by atoms with Crippen molar-refractivity contribution < 1.29 is 14.0 Å². The molecule has 0 atom stereocenters. The molecule has 2 amide bonds. The molecule has 2 N–H and O–H groups in total. The van der Waals surface area contributed by atoms with Crippen LogP contribution in [0, 0.1) is 6.92 Å². The molecule has 0 saturated carbocycles. The fourth-order valence-corrected chi connectivity index (χ4v) is 2.01. The molecular weight excluding hydrogens is 292 g/mol. The topological polar surface area (TPSA) is 71.3 Å². The first-order valence-corrected chi connectivity index (χ1v) is 7.40. The Morgan fingerprint density at radius 3 is 2.65 bits per heavy atom. The molecule has 1 heterocycles. The van der Waals surface area contributed by atoms with Crippen LogP contribution >= 0.6 is 0 Å². The monoisotopic (exact) mass is 312 g/mol. The van der Waals surface area contributed by atoms with E-state index in [4.69, 9.17) is 4.42 Å². The maximum Gasteiger partial charge on any atom is 0.251 e. The third kappa shape index (κ3) is 4.85. The summed E-state index contributed by atoms with van der Waals surface area (Å²) in [6.07, 6.45) is 4.50. The van der Waals surface area contributed by atoms with E-state index < -0.39 is 0 Å². The van der Waals surface area contributed by atoms with Crippen molar-refractivity contribution in [3.05, 3.63) is 59.6 Å². The van der Waals surface area contributed by atoms with Crippen molar-refractivity contribution >= 4 is 23.6 Å². The highest BCUT2D eigenvalue weighted by molar-refractivity contribution is 6.03. The third-order valence-corrected chi connectivity index (χ3v) is 3.11. The average Bonchev–Trinajstić information content (AvgIpc) is 2.99. The molecule has 5 heteroatoms.